The zero-order valence-corrected chi connectivity index (χ0v) is 29.3. The van der Waals surface area contributed by atoms with Crippen LogP contribution in [0.25, 0.3) is 108 Å². The molecule has 0 aliphatic heterocycles. The zero-order chi connectivity index (χ0) is 64.0. The Morgan fingerprint density at radius 3 is 1.62 bits per heavy atom. The number of nitrogens with zero attached hydrogens (tertiary/aromatic N) is 3. The van der Waals surface area contributed by atoms with Crippen molar-refractivity contribution in [2.45, 2.75) is 0 Å². The van der Waals surface area contributed by atoms with Gasteiger partial charge in [-0.05, 0) is 64.1 Å². The number of fused-ring (bicyclic) bond motifs is 6. The summed E-state index contributed by atoms with van der Waals surface area (Å²) >= 11 is 1.12. The fourth-order valence-corrected chi connectivity index (χ4v) is 8.17. The summed E-state index contributed by atoms with van der Waals surface area (Å²) in [6.45, 7) is 0. The topological polar surface area (TPSA) is 38.7 Å². The van der Waals surface area contributed by atoms with Crippen LogP contribution in [0, 0.1) is 0 Å². The fraction of sp³-hybridized carbons (Fsp3) is 0. The van der Waals surface area contributed by atoms with Gasteiger partial charge in [-0.25, -0.2) is 15.0 Å². The lowest BCUT2D eigenvalue weighted by molar-refractivity contribution is 1.08. The van der Waals surface area contributed by atoms with E-state index in [0.29, 0.717) is 22.7 Å². The molecule has 0 bridgehead atoms. The first kappa shape index (κ1) is 14.1. The molecule has 0 radical (unpaired) electrons. The third kappa shape index (κ3) is 5.60. The molecular weight excluding hydrogens is 719 g/mol. The summed E-state index contributed by atoms with van der Waals surface area (Å²) in [5.41, 5.74) is -6.26. The molecule has 0 saturated heterocycles. The van der Waals surface area contributed by atoms with Gasteiger partial charge in [0, 0.05) is 62.6 Å². The van der Waals surface area contributed by atoms with Gasteiger partial charge in [-0.2, -0.15) is 0 Å². The van der Waals surface area contributed by atoms with Gasteiger partial charge in [0.15, 0.2) is 17.5 Å². The van der Waals surface area contributed by atoms with Crippen LogP contribution in [0.5, 0.6) is 0 Å². The van der Waals surface area contributed by atoms with Crippen molar-refractivity contribution in [3.63, 3.8) is 0 Å². The van der Waals surface area contributed by atoms with Crippen LogP contribution in [-0.4, -0.2) is 15.0 Å². The molecule has 262 valence electrons. The molecule has 56 heavy (non-hydrogen) atoms. The Morgan fingerprint density at radius 2 is 0.839 bits per heavy atom. The number of rotatable bonds is 6. The van der Waals surface area contributed by atoms with Crippen molar-refractivity contribution in [2.24, 2.45) is 0 Å². The van der Waals surface area contributed by atoms with E-state index in [1.807, 2.05) is 0 Å². The van der Waals surface area contributed by atoms with E-state index >= 15 is 0 Å². The van der Waals surface area contributed by atoms with Gasteiger partial charge in [-0.15, -0.1) is 22.7 Å². The van der Waals surface area contributed by atoms with Crippen LogP contribution >= 0.6 is 22.7 Å². The maximum Gasteiger partial charge on any atom is 0.165 e. The Labute approximate surface area is 375 Å². The third-order valence-corrected chi connectivity index (χ3v) is 10.6. The zero-order valence-electron chi connectivity index (χ0n) is 58.7. The minimum Gasteiger partial charge on any atom is -0.208 e. The molecule has 0 spiro atoms. The Balaban J connectivity index is 1.34. The van der Waals surface area contributed by atoms with Crippen molar-refractivity contribution >= 4 is 63.0 Å². The smallest absolute Gasteiger partial charge is 0.165 e. The molecule has 11 rings (SSSR count). The largest absolute Gasteiger partial charge is 0.208 e. The molecule has 0 saturated carbocycles. The summed E-state index contributed by atoms with van der Waals surface area (Å²) in [6, 6.07) is -27.3. The van der Waals surface area contributed by atoms with E-state index in [1.165, 1.54) is 0 Å². The molecule has 3 heterocycles. The number of aromatic nitrogens is 3. The molecule has 3 nitrogen and oxygen atoms in total. The average Bonchev–Trinajstić information content (AvgIpc) is 1.61. The second-order valence-electron chi connectivity index (χ2n) is 11.6. The molecule has 0 fully saturated rings. The Morgan fingerprint density at radius 1 is 0.321 bits per heavy atom. The molecular formula is C51H31N3S2. The third-order valence-electron chi connectivity index (χ3n) is 8.37. The standard InChI is InChI=1S/C51H31N3S2/c1-4-15-32(16-5-1)35-21-12-22-36(29-35)50-52-49(34-19-8-3-9-20-34)53-51(54-50)41-26-13-25-40-46-39(24-14-28-45(46)56-47(40)41)43-31-37(33-17-6-2-7-18-33)30-42-38-23-10-11-27-44(38)55-48(42)43/h1-31H/i1D,2D,3D,4D,5D,6D,7D,8D,9D,10D,11D,12D,13D,14D,15D,16D,17D,18D,19D,20D,21D,22D,23D,24D,25D,26D,27D,28D,29D,30D,31D. The molecule has 11 aromatic rings. The number of hydrogen-bond acceptors (Lipinski definition) is 5. The van der Waals surface area contributed by atoms with Gasteiger partial charge >= 0.3 is 0 Å². The average molecular weight is 781 g/mol. The van der Waals surface area contributed by atoms with Gasteiger partial charge < -0.3 is 0 Å². The van der Waals surface area contributed by atoms with Crippen molar-refractivity contribution < 1.29 is 42.5 Å². The Hall–Kier alpha value is -6.79. The number of hydrogen-bond donors (Lipinski definition) is 0. The van der Waals surface area contributed by atoms with Crippen LogP contribution in [0.2, 0.25) is 0 Å². The van der Waals surface area contributed by atoms with Crippen LogP contribution in [0.15, 0.2) is 187 Å². The predicted molar refractivity (Wildman–Crippen MR) is 238 cm³/mol. The summed E-state index contributed by atoms with van der Waals surface area (Å²) in [7, 11) is 0. The van der Waals surface area contributed by atoms with Gasteiger partial charge in [0.1, 0.15) is 0 Å². The van der Waals surface area contributed by atoms with Crippen LogP contribution < -0.4 is 0 Å². The lowest BCUT2D eigenvalue weighted by Gasteiger charge is -2.11. The Bertz CT molecular complexity index is 4990. The SMILES string of the molecule is [2H]c1c([2H])c([2H])c(-c2nc(-c3c([2H])c([2H])c([2H])c(-c4c([2H])c([2H])c([2H])c([2H])c4[2H])c3[2H])nc(-c3c([2H])c([2H])c([2H])c4c3sc3c([2H])c([2H])c([2H])c(-c5c([2H])c(-c6c([2H])c([2H])c([2H])c([2H])c6[2H])c([2H])c6c5sc5c([2H])c([2H])c([2H])c([2H])c56)c34)n2)c([2H])c1[2H]. The van der Waals surface area contributed by atoms with E-state index in [9.17, 15) is 12.3 Å². The number of thiophene rings is 2. The highest BCUT2D eigenvalue weighted by Gasteiger charge is 2.21. The van der Waals surface area contributed by atoms with Crippen molar-refractivity contribution in [3.05, 3.63) is 187 Å². The lowest BCUT2D eigenvalue weighted by atomic mass is 9.93. The van der Waals surface area contributed by atoms with E-state index in [1.54, 1.807) is 0 Å². The molecule has 0 aliphatic rings. The molecule has 0 unspecified atom stereocenters. The molecule has 0 aliphatic carbocycles. The molecule has 0 N–H and O–H groups in total. The first-order valence-electron chi connectivity index (χ1n) is 31.7. The molecule has 0 atom stereocenters. The maximum absolute atomic E-state index is 10.0. The fourth-order valence-electron chi connectivity index (χ4n) is 5.98. The molecule has 5 heteroatoms. The first-order valence-corrected chi connectivity index (χ1v) is 17.8. The van der Waals surface area contributed by atoms with E-state index in [4.69, 9.17) is 30.2 Å². The summed E-state index contributed by atoms with van der Waals surface area (Å²) in [5, 5.41) is -1.54. The van der Waals surface area contributed by atoms with Gasteiger partial charge in [-0.3, -0.25) is 0 Å². The molecule has 8 aromatic carbocycles. The highest BCUT2D eigenvalue weighted by atomic mass is 32.1. The predicted octanol–water partition coefficient (Wildman–Crippen LogP) is 14.6. The highest BCUT2D eigenvalue weighted by Crippen LogP contribution is 2.48. The van der Waals surface area contributed by atoms with Crippen molar-refractivity contribution in [1.29, 1.82) is 0 Å². The molecule has 0 amide bonds. The Kier molecular flexibility index (Phi) is 3.39. The summed E-state index contributed by atoms with van der Waals surface area (Å²) < 4.78 is 276. The second-order valence-corrected chi connectivity index (χ2v) is 13.6. The summed E-state index contributed by atoms with van der Waals surface area (Å²) in [5.74, 6) is -2.56. The quantitative estimate of drug-likeness (QED) is 0.169. The van der Waals surface area contributed by atoms with Gasteiger partial charge in [0.25, 0.3) is 0 Å². The van der Waals surface area contributed by atoms with Crippen LogP contribution in [0.1, 0.15) is 42.5 Å². The monoisotopic (exact) mass is 780 g/mol. The van der Waals surface area contributed by atoms with Crippen LogP contribution in [0.4, 0.5) is 0 Å². The summed E-state index contributed by atoms with van der Waals surface area (Å²) in [4.78, 5) is 13.3. The van der Waals surface area contributed by atoms with E-state index in [0.717, 1.165) is 0 Å². The van der Waals surface area contributed by atoms with E-state index in [-0.39, 0.29) is 29.6 Å². The lowest BCUT2D eigenvalue weighted by Crippen LogP contribution is -2.00. The first-order chi connectivity index (χ1) is 40.6. The van der Waals surface area contributed by atoms with Gasteiger partial charge in [0.2, 0.25) is 0 Å². The second kappa shape index (κ2) is 13.5. The highest BCUT2D eigenvalue weighted by molar-refractivity contribution is 7.27. The minimum absolute atomic E-state index is 0.206. The van der Waals surface area contributed by atoms with Crippen LogP contribution in [-0.2, 0) is 0 Å². The van der Waals surface area contributed by atoms with Crippen LogP contribution in [0.3, 0.4) is 0 Å². The van der Waals surface area contributed by atoms with Crippen molar-refractivity contribution in [2.75, 3.05) is 0 Å². The summed E-state index contributed by atoms with van der Waals surface area (Å²) in [6.07, 6.45) is 0. The van der Waals surface area contributed by atoms with Gasteiger partial charge in [0.05, 0.1) is 42.5 Å². The minimum atomic E-state index is -1.02. The maximum atomic E-state index is 10.0. The van der Waals surface area contributed by atoms with Crippen molar-refractivity contribution in [3.8, 4) is 67.5 Å². The van der Waals surface area contributed by atoms with E-state index in [2.05, 4.69) is 15.0 Å². The van der Waals surface area contributed by atoms with Gasteiger partial charge in [-0.1, -0.05) is 151 Å². The number of benzene rings is 8. The normalized spacial score (nSPS) is 19.3. The van der Waals surface area contributed by atoms with E-state index < -0.39 is 266 Å². The molecule has 3 aromatic heterocycles. The van der Waals surface area contributed by atoms with Crippen molar-refractivity contribution in [1.82, 2.24) is 15.0 Å².